The summed E-state index contributed by atoms with van der Waals surface area (Å²) < 4.78 is 55.5. The lowest BCUT2D eigenvalue weighted by molar-refractivity contribution is -0.137. The second-order valence-electron chi connectivity index (χ2n) is 20.0. The van der Waals surface area contributed by atoms with E-state index in [9.17, 15) is 23.7 Å². The van der Waals surface area contributed by atoms with Crippen LogP contribution in [0.15, 0.2) is 224 Å². The highest BCUT2D eigenvalue weighted by molar-refractivity contribution is 7.26. The van der Waals surface area contributed by atoms with Gasteiger partial charge in [0.05, 0.1) is 77.1 Å². The molecule has 0 amide bonds. The number of aromatic nitrogens is 4. The minimum absolute atomic E-state index is 0.0559. The molecule has 0 saturated heterocycles. The van der Waals surface area contributed by atoms with E-state index in [2.05, 4.69) is 127 Å². The van der Waals surface area contributed by atoms with E-state index in [0.717, 1.165) is 103 Å². The number of hydrogen-bond donors (Lipinski definition) is 0. The summed E-state index contributed by atoms with van der Waals surface area (Å²) in [7, 11) is 0. The van der Waals surface area contributed by atoms with Crippen LogP contribution < -0.4 is 0 Å². The molecule has 0 bridgehead atoms. The van der Waals surface area contributed by atoms with Crippen LogP contribution >= 0.6 is 11.3 Å². The summed E-state index contributed by atoms with van der Waals surface area (Å²) in [4.78, 5) is 0. The van der Waals surface area contributed by atoms with Crippen LogP contribution in [-0.4, -0.2) is 18.3 Å². The van der Waals surface area contributed by atoms with Gasteiger partial charge in [0.15, 0.2) is 0 Å². The Bertz CT molecular complexity index is 5260. The molecule has 79 heavy (non-hydrogen) atoms. The Morgan fingerprint density at radius 3 is 1.15 bits per heavy atom. The summed E-state index contributed by atoms with van der Waals surface area (Å²) in [5.74, 6) is 0. The molecular weight excluding hydrogens is 1000 g/mol. The summed E-state index contributed by atoms with van der Waals surface area (Å²) >= 11 is 1.63. The van der Waals surface area contributed by atoms with E-state index in [1.165, 1.54) is 12.1 Å². The molecule has 11 aromatic carbocycles. The first-order chi connectivity index (χ1) is 38.8. The third-order valence-electron chi connectivity index (χ3n) is 16.1. The standard InChI is InChI=1S/C69H37F3N6S/c70-69(71,72)54-25-9-1-17-41(54)40-33-36-61-51(37-40)49-34-35-50-48-24-8-16-32-62(48)79-68(50)67(49)78(61)66-53(39-74)64(76-57-28-12-4-20-44(57)45-21-5-13-29-58(45)76)63(75-55-26-10-2-18-42(55)43-19-3-11-27-56(43)75)52(38-73)65(66)77-59-30-14-6-22-46(59)47-23-7-15-31-60(47)77/h1-37H. The third-order valence-corrected chi connectivity index (χ3v) is 17.3. The van der Waals surface area contributed by atoms with Gasteiger partial charge in [0.25, 0.3) is 0 Å². The van der Waals surface area contributed by atoms with Gasteiger partial charge in [-0.05, 0) is 71.8 Å². The van der Waals surface area contributed by atoms with E-state index >= 15 is 0 Å². The lowest BCUT2D eigenvalue weighted by Gasteiger charge is -2.27. The highest BCUT2D eigenvalue weighted by Gasteiger charge is 2.36. The molecule has 0 fully saturated rings. The van der Waals surface area contributed by atoms with Gasteiger partial charge in [-0.15, -0.1) is 11.3 Å². The average Bonchev–Trinajstić information content (AvgIpc) is 3.73. The van der Waals surface area contributed by atoms with Crippen molar-refractivity contribution in [2.45, 2.75) is 6.18 Å². The molecule has 0 aliphatic heterocycles. The molecule has 0 aliphatic carbocycles. The highest BCUT2D eigenvalue weighted by Crippen LogP contribution is 2.51. The minimum atomic E-state index is -4.61. The van der Waals surface area contributed by atoms with Crippen molar-refractivity contribution in [2.24, 2.45) is 0 Å². The van der Waals surface area contributed by atoms with E-state index in [4.69, 9.17) is 0 Å². The van der Waals surface area contributed by atoms with Gasteiger partial charge in [-0.1, -0.05) is 164 Å². The zero-order chi connectivity index (χ0) is 52.8. The fourth-order valence-corrected chi connectivity index (χ4v) is 14.2. The van der Waals surface area contributed by atoms with Gasteiger partial charge in [-0.25, -0.2) is 0 Å². The maximum Gasteiger partial charge on any atom is 0.417 e. The van der Waals surface area contributed by atoms with Crippen LogP contribution in [-0.2, 0) is 6.18 Å². The van der Waals surface area contributed by atoms with E-state index in [1.807, 2.05) is 97.1 Å². The molecule has 6 nitrogen and oxygen atoms in total. The van der Waals surface area contributed by atoms with E-state index in [-0.39, 0.29) is 11.1 Å². The smallest absolute Gasteiger partial charge is 0.306 e. The zero-order valence-corrected chi connectivity index (χ0v) is 42.4. The van der Waals surface area contributed by atoms with E-state index in [1.54, 1.807) is 23.5 Å². The Kier molecular flexibility index (Phi) is 9.40. The Labute approximate surface area is 451 Å². The summed E-state index contributed by atoms with van der Waals surface area (Å²) in [5.41, 5.74) is 8.65. The number of rotatable bonds is 5. The van der Waals surface area contributed by atoms with Crippen LogP contribution in [0.25, 0.3) is 141 Å². The summed E-state index contributed by atoms with van der Waals surface area (Å²) in [6, 6.07) is 78.5. The second-order valence-corrected chi connectivity index (χ2v) is 21.1. The number of benzene rings is 11. The highest BCUT2D eigenvalue weighted by atomic mass is 32.1. The van der Waals surface area contributed by atoms with Crippen LogP contribution in [0, 0.1) is 22.7 Å². The Morgan fingerprint density at radius 2 is 0.709 bits per heavy atom. The maximum absolute atomic E-state index is 14.9. The predicted molar refractivity (Wildman–Crippen MR) is 317 cm³/mol. The van der Waals surface area contributed by atoms with Crippen molar-refractivity contribution >= 4 is 119 Å². The van der Waals surface area contributed by atoms with Crippen molar-refractivity contribution in [1.82, 2.24) is 18.3 Å². The molecule has 16 rings (SSSR count). The predicted octanol–water partition coefficient (Wildman–Crippen LogP) is 18.9. The number of nitrogens with zero attached hydrogens (tertiary/aromatic N) is 6. The second kappa shape index (κ2) is 16.6. The number of fused-ring (bicyclic) bond motifs is 16. The largest absolute Gasteiger partial charge is 0.417 e. The van der Waals surface area contributed by atoms with Crippen molar-refractivity contribution < 1.29 is 13.2 Å². The summed E-state index contributed by atoms with van der Waals surface area (Å²) in [6.07, 6.45) is -4.61. The van der Waals surface area contributed by atoms with Crippen LogP contribution in [0.1, 0.15) is 16.7 Å². The van der Waals surface area contributed by atoms with Crippen LogP contribution in [0.2, 0.25) is 0 Å². The van der Waals surface area contributed by atoms with Crippen LogP contribution in [0.4, 0.5) is 13.2 Å². The van der Waals surface area contributed by atoms with Gasteiger partial charge in [0, 0.05) is 58.6 Å². The molecule has 0 radical (unpaired) electrons. The number of alkyl halides is 3. The van der Waals surface area contributed by atoms with Gasteiger partial charge in [0.1, 0.15) is 23.3 Å². The molecule has 10 heteroatoms. The monoisotopic (exact) mass is 1040 g/mol. The lowest BCUT2D eigenvalue weighted by atomic mass is 9.97. The van der Waals surface area contributed by atoms with Gasteiger partial charge in [-0.3, -0.25) is 0 Å². The van der Waals surface area contributed by atoms with Gasteiger partial charge >= 0.3 is 6.18 Å². The SMILES string of the molecule is N#Cc1c(-n2c3ccccc3c3ccccc32)c(-n2c3ccccc3c3ccccc32)c(C#N)c(-n2c3ccc(-c4ccccc4C(F)(F)F)cc3c3ccc4c5ccccc5sc4c32)c1-n1c2ccccc2c2ccccc21. The van der Waals surface area contributed by atoms with Crippen molar-refractivity contribution in [3.05, 3.63) is 241 Å². The molecule has 0 N–H and O–H groups in total. The maximum atomic E-state index is 14.9. The lowest BCUT2D eigenvalue weighted by Crippen LogP contribution is -2.16. The number of thiophene rings is 1. The number of halogens is 3. The fraction of sp³-hybridized carbons (Fsp3) is 0.0145. The third kappa shape index (κ3) is 6.15. The first-order valence-corrected chi connectivity index (χ1v) is 26.7. The number of nitriles is 2. The molecule has 5 heterocycles. The van der Waals surface area contributed by atoms with Crippen LogP contribution in [0.3, 0.4) is 0 Å². The topological polar surface area (TPSA) is 67.3 Å². The van der Waals surface area contributed by atoms with E-state index < -0.39 is 11.7 Å². The quantitative estimate of drug-likeness (QED) is 0.172. The average molecular weight is 1040 g/mol. The van der Waals surface area contributed by atoms with Crippen molar-refractivity contribution in [3.63, 3.8) is 0 Å². The Balaban J connectivity index is 1.21. The van der Waals surface area contributed by atoms with Gasteiger partial charge in [0.2, 0.25) is 0 Å². The van der Waals surface area contributed by atoms with E-state index in [0.29, 0.717) is 44.8 Å². The van der Waals surface area contributed by atoms with Crippen molar-refractivity contribution in [1.29, 1.82) is 10.5 Å². The Morgan fingerprint density at radius 1 is 0.342 bits per heavy atom. The fourth-order valence-electron chi connectivity index (χ4n) is 12.9. The summed E-state index contributed by atoms with van der Waals surface area (Å²) in [6.45, 7) is 0. The molecule has 5 aromatic heterocycles. The molecule has 0 unspecified atom stereocenters. The Hall–Kier alpha value is -10.4. The molecular formula is C69H37F3N6S. The minimum Gasteiger partial charge on any atom is -0.306 e. The molecule has 0 atom stereocenters. The van der Waals surface area contributed by atoms with Crippen LogP contribution in [0.5, 0.6) is 0 Å². The zero-order valence-electron chi connectivity index (χ0n) is 41.6. The first-order valence-electron chi connectivity index (χ1n) is 25.9. The molecule has 16 aromatic rings. The molecule has 0 saturated carbocycles. The number of para-hydroxylation sites is 6. The van der Waals surface area contributed by atoms with Crippen molar-refractivity contribution in [3.8, 4) is 46.0 Å². The van der Waals surface area contributed by atoms with Gasteiger partial charge < -0.3 is 18.3 Å². The first kappa shape index (κ1) is 44.9. The van der Waals surface area contributed by atoms with Crippen molar-refractivity contribution in [2.75, 3.05) is 0 Å². The molecule has 0 aliphatic rings. The molecule has 370 valence electrons. The van der Waals surface area contributed by atoms with Gasteiger partial charge in [-0.2, -0.15) is 23.7 Å². The normalized spacial score (nSPS) is 12.2. The molecule has 0 spiro atoms. The summed E-state index contributed by atoms with van der Waals surface area (Å²) in [5, 5.41) is 34.8. The number of hydrogen-bond acceptors (Lipinski definition) is 3.